The summed E-state index contributed by atoms with van der Waals surface area (Å²) >= 11 is 0. The van der Waals surface area contributed by atoms with E-state index in [2.05, 4.69) is 27.2 Å². The number of nitrogens with one attached hydrogen (secondary N) is 1. The molecule has 0 heterocycles. The summed E-state index contributed by atoms with van der Waals surface area (Å²) in [6.07, 6.45) is 1.53. The van der Waals surface area contributed by atoms with Crippen molar-refractivity contribution in [3.05, 3.63) is 11.6 Å². The normalized spacial score (nSPS) is 13.4. The van der Waals surface area contributed by atoms with Gasteiger partial charge in [-0.1, -0.05) is 0 Å². The highest BCUT2D eigenvalue weighted by atomic mass is 19.1. The first-order valence-electron chi connectivity index (χ1n) is 6.01. The molecule has 0 saturated carbocycles. The van der Waals surface area contributed by atoms with Crippen LogP contribution < -0.4 is 5.43 Å². The second kappa shape index (κ2) is 10.2. The van der Waals surface area contributed by atoms with E-state index >= 15 is 0 Å². The van der Waals surface area contributed by atoms with Gasteiger partial charge in [-0.3, -0.25) is 0 Å². The van der Waals surface area contributed by atoms with Crippen LogP contribution in [0.5, 0.6) is 0 Å². The smallest absolute Gasteiger partial charge is 0.244 e. The predicted octanol–water partition coefficient (Wildman–Crippen LogP) is 1.77. The van der Waals surface area contributed by atoms with E-state index in [-0.39, 0.29) is 11.8 Å². The largest absolute Gasteiger partial charge is 0.380 e. The lowest BCUT2D eigenvalue weighted by Gasteiger charge is -2.19. The summed E-state index contributed by atoms with van der Waals surface area (Å²) in [6.45, 7) is 9.97. The van der Waals surface area contributed by atoms with Crippen LogP contribution in [-0.4, -0.2) is 50.6 Å². The Kier molecular flexibility index (Phi) is 9.25. The number of likely N-dealkylation sites (N-methyl/N-ethyl adjacent to an activating group) is 1. The van der Waals surface area contributed by atoms with E-state index in [1.165, 1.54) is 13.1 Å². The van der Waals surface area contributed by atoms with Crippen molar-refractivity contribution in [2.24, 2.45) is 15.1 Å². The van der Waals surface area contributed by atoms with Crippen LogP contribution in [-0.2, 0) is 4.74 Å². The third kappa shape index (κ3) is 7.30. The summed E-state index contributed by atoms with van der Waals surface area (Å²) in [4.78, 5) is 9.34. The average Bonchev–Trinajstić information content (AvgIpc) is 2.38. The second-order valence-electron chi connectivity index (χ2n) is 3.57. The fourth-order valence-electron chi connectivity index (χ4n) is 1.20. The number of aliphatic imine (C=N–C) groups is 2. The van der Waals surface area contributed by atoms with Crippen LogP contribution >= 0.6 is 0 Å². The lowest BCUT2D eigenvalue weighted by molar-refractivity contribution is 0.129. The molecule has 0 saturated heterocycles. The number of nitrogens with zero attached hydrogens (tertiary/aromatic N) is 4. The van der Waals surface area contributed by atoms with E-state index in [1.54, 1.807) is 18.9 Å². The summed E-state index contributed by atoms with van der Waals surface area (Å²) in [5, 5.41) is 3.76. The van der Waals surface area contributed by atoms with Crippen molar-refractivity contribution in [3.8, 4) is 0 Å². The maximum Gasteiger partial charge on any atom is 0.244 e. The fraction of sp³-hybridized carbons (Fsp3) is 0.583. The van der Waals surface area contributed by atoms with Gasteiger partial charge in [-0.25, -0.2) is 14.8 Å². The van der Waals surface area contributed by atoms with Gasteiger partial charge in [0.15, 0.2) is 5.82 Å². The van der Waals surface area contributed by atoms with Gasteiger partial charge in [-0.15, -0.1) is 0 Å². The van der Waals surface area contributed by atoms with Crippen molar-refractivity contribution in [1.82, 2.24) is 10.3 Å². The van der Waals surface area contributed by atoms with Crippen LogP contribution in [0, 0.1) is 0 Å². The Morgan fingerprint density at radius 1 is 1.53 bits per heavy atom. The number of hydrogen-bond acceptors (Lipinski definition) is 4. The molecule has 108 valence electrons. The zero-order valence-corrected chi connectivity index (χ0v) is 12.0. The molecule has 0 aliphatic carbocycles. The molecule has 0 rings (SSSR count). The molecular formula is C12H22FN5O. The predicted molar refractivity (Wildman–Crippen MR) is 77.2 cm³/mol. The molecule has 0 fully saturated rings. The summed E-state index contributed by atoms with van der Waals surface area (Å²) in [5.74, 6) is -0.114. The number of halogens is 1. The Bertz CT molecular complexity index is 361. The Morgan fingerprint density at radius 2 is 2.21 bits per heavy atom. The van der Waals surface area contributed by atoms with Gasteiger partial charge in [-0.2, -0.15) is 10.1 Å². The highest BCUT2D eigenvalue weighted by molar-refractivity contribution is 5.85. The molecule has 0 unspecified atom stereocenters. The molecular weight excluding hydrogens is 249 g/mol. The zero-order valence-electron chi connectivity index (χ0n) is 12.0. The van der Waals surface area contributed by atoms with Gasteiger partial charge in [0.2, 0.25) is 5.96 Å². The minimum Gasteiger partial charge on any atom is -0.380 e. The molecule has 19 heavy (non-hydrogen) atoms. The molecule has 0 atom stereocenters. The first kappa shape index (κ1) is 17.2. The number of guanidine groups is 1. The second-order valence-corrected chi connectivity index (χ2v) is 3.57. The highest BCUT2D eigenvalue weighted by Gasteiger charge is 2.09. The molecule has 0 spiro atoms. The number of allylic oxidation sites excluding steroid dienone is 1. The molecule has 0 bridgehead atoms. The molecule has 0 aliphatic heterocycles. The average molecular weight is 271 g/mol. The van der Waals surface area contributed by atoms with Crippen LogP contribution in [0.3, 0.4) is 0 Å². The standard InChI is InChI=1S/C12H22FN5O/c1-6-15-17-12(14-4)16-11(10(3)13)18(5)8-9-19-7-2/h6H,4,7-9H2,1-3,5H3,(H,16,17)/b11-10-,15-6-. The maximum absolute atomic E-state index is 13.5. The van der Waals surface area contributed by atoms with E-state index in [0.717, 1.165) is 0 Å². The van der Waals surface area contributed by atoms with E-state index < -0.39 is 5.83 Å². The Balaban J connectivity index is 4.86. The number of hydrogen-bond donors (Lipinski definition) is 1. The first-order valence-corrected chi connectivity index (χ1v) is 6.01. The van der Waals surface area contributed by atoms with Crippen LogP contribution in [0.2, 0.25) is 0 Å². The van der Waals surface area contributed by atoms with Crippen molar-refractivity contribution in [2.75, 3.05) is 26.8 Å². The summed E-state index contributed by atoms with van der Waals surface area (Å²) < 4.78 is 18.7. The lowest BCUT2D eigenvalue weighted by Crippen LogP contribution is -2.25. The SMILES string of the molecule is C=N/C(=N\C(=C(/C)F)N(C)CCOCC)N/N=C\C. The number of hydrazone groups is 1. The van der Waals surface area contributed by atoms with Gasteiger partial charge in [0.1, 0.15) is 5.83 Å². The van der Waals surface area contributed by atoms with Gasteiger partial charge < -0.3 is 9.64 Å². The molecule has 7 heteroatoms. The topological polar surface area (TPSA) is 61.6 Å². The number of rotatable bonds is 7. The van der Waals surface area contributed by atoms with Gasteiger partial charge >= 0.3 is 0 Å². The van der Waals surface area contributed by atoms with Crippen LogP contribution in [0.1, 0.15) is 20.8 Å². The van der Waals surface area contributed by atoms with E-state index in [0.29, 0.717) is 19.8 Å². The van der Waals surface area contributed by atoms with Crippen LogP contribution in [0.25, 0.3) is 0 Å². The Labute approximate surface area is 113 Å². The highest BCUT2D eigenvalue weighted by Crippen LogP contribution is 2.11. The van der Waals surface area contributed by atoms with Crippen LogP contribution in [0.15, 0.2) is 26.7 Å². The first-order chi connectivity index (χ1) is 9.06. The summed E-state index contributed by atoms with van der Waals surface area (Å²) in [5.41, 5.74) is 2.56. The van der Waals surface area contributed by atoms with E-state index in [9.17, 15) is 4.39 Å². The molecule has 0 aromatic heterocycles. The zero-order chi connectivity index (χ0) is 14.7. The molecule has 0 aromatic rings. The van der Waals surface area contributed by atoms with E-state index in [4.69, 9.17) is 4.74 Å². The Hall–Kier alpha value is -1.76. The van der Waals surface area contributed by atoms with Gasteiger partial charge in [0.05, 0.1) is 6.61 Å². The molecule has 6 nitrogen and oxygen atoms in total. The van der Waals surface area contributed by atoms with Crippen molar-refractivity contribution in [2.45, 2.75) is 20.8 Å². The van der Waals surface area contributed by atoms with Crippen molar-refractivity contribution >= 4 is 18.9 Å². The monoisotopic (exact) mass is 271 g/mol. The minimum atomic E-state index is -0.414. The summed E-state index contributed by atoms with van der Waals surface area (Å²) in [7, 11) is 1.73. The third-order valence-electron chi connectivity index (χ3n) is 2.10. The third-order valence-corrected chi connectivity index (χ3v) is 2.10. The summed E-state index contributed by atoms with van der Waals surface area (Å²) in [6, 6.07) is 0. The molecule has 0 radical (unpaired) electrons. The van der Waals surface area contributed by atoms with Crippen molar-refractivity contribution in [3.63, 3.8) is 0 Å². The fourth-order valence-corrected chi connectivity index (χ4v) is 1.20. The molecule has 0 aromatic carbocycles. The molecule has 0 amide bonds. The van der Waals surface area contributed by atoms with Crippen molar-refractivity contribution < 1.29 is 9.13 Å². The minimum absolute atomic E-state index is 0.133. The lowest BCUT2D eigenvalue weighted by atomic mass is 10.5. The molecule has 0 aliphatic rings. The maximum atomic E-state index is 13.5. The molecule has 1 N–H and O–H groups in total. The van der Waals surface area contributed by atoms with Gasteiger partial charge in [0, 0.05) is 26.4 Å². The quantitative estimate of drug-likeness (QED) is 0.332. The van der Waals surface area contributed by atoms with Crippen molar-refractivity contribution in [1.29, 1.82) is 0 Å². The number of ether oxygens (including phenoxy) is 1. The van der Waals surface area contributed by atoms with Gasteiger partial charge in [0.25, 0.3) is 0 Å². The van der Waals surface area contributed by atoms with Crippen LogP contribution in [0.4, 0.5) is 4.39 Å². The van der Waals surface area contributed by atoms with E-state index in [1.807, 2.05) is 6.92 Å². The van der Waals surface area contributed by atoms with Gasteiger partial charge in [-0.05, 0) is 27.5 Å². The Morgan fingerprint density at radius 3 is 2.68 bits per heavy atom.